The minimum absolute atomic E-state index is 0.197. The minimum atomic E-state index is -0.278. The molecule has 0 bridgehead atoms. The summed E-state index contributed by atoms with van der Waals surface area (Å²) in [6.07, 6.45) is 4.20. The molecule has 2 aliphatic heterocycles. The molecule has 4 aromatic rings. The van der Waals surface area contributed by atoms with Crippen molar-refractivity contribution < 1.29 is 14.3 Å². The molecule has 9 nitrogen and oxygen atoms in total. The lowest BCUT2D eigenvalue weighted by atomic mass is 10.1. The van der Waals surface area contributed by atoms with Crippen LogP contribution >= 0.6 is 0 Å². The summed E-state index contributed by atoms with van der Waals surface area (Å²) >= 11 is 0. The first-order valence-corrected chi connectivity index (χ1v) is 12.2. The maximum atomic E-state index is 13.2. The molecule has 186 valence electrons. The van der Waals surface area contributed by atoms with Crippen LogP contribution in [0.15, 0.2) is 73.1 Å². The number of fused-ring (bicyclic) bond motifs is 2. The molecule has 1 unspecified atom stereocenters. The average Bonchev–Trinajstić information content (AvgIpc) is 3.54. The van der Waals surface area contributed by atoms with Gasteiger partial charge in [-0.3, -0.25) is 9.78 Å². The molecule has 1 atom stereocenters. The van der Waals surface area contributed by atoms with Gasteiger partial charge in [-0.2, -0.15) is 4.98 Å². The molecular weight excluding hydrogens is 468 g/mol. The van der Waals surface area contributed by atoms with Gasteiger partial charge >= 0.3 is 0 Å². The Morgan fingerprint density at radius 1 is 1.03 bits per heavy atom. The van der Waals surface area contributed by atoms with Crippen molar-refractivity contribution >= 4 is 23.4 Å². The summed E-state index contributed by atoms with van der Waals surface area (Å²) in [5.74, 6) is 2.16. The molecule has 9 heteroatoms. The second kappa shape index (κ2) is 9.77. The van der Waals surface area contributed by atoms with Gasteiger partial charge in [0.15, 0.2) is 11.5 Å². The second-order valence-corrected chi connectivity index (χ2v) is 9.03. The number of aromatic nitrogens is 3. The zero-order chi connectivity index (χ0) is 25.2. The molecule has 0 saturated carbocycles. The Bertz CT molecular complexity index is 1450. The van der Waals surface area contributed by atoms with Crippen molar-refractivity contribution in [2.45, 2.75) is 32.5 Å². The second-order valence-electron chi connectivity index (χ2n) is 9.03. The number of nitrogens with zero attached hydrogens (tertiary/aromatic N) is 4. The van der Waals surface area contributed by atoms with Crippen molar-refractivity contribution in [3.05, 3.63) is 95.4 Å². The van der Waals surface area contributed by atoms with Crippen molar-refractivity contribution in [1.29, 1.82) is 0 Å². The van der Waals surface area contributed by atoms with E-state index in [0.29, 0.717) is 36.2 Å². The number of anilines is 3. The maximum Gasteiger partial charge on any atom is 0.256 e. The van der Waals surface area contributed by atoms with E-state index in [1.807, 2.05) is 48.5 Å². The van der Waals surface area contributed by atoms with Gasteiger partial charge in [0.1, 0.15) is 11.4 Å². The molecule has 2 N–H and O–H groups in total. The first-order chi connectivity index (χ1) is 18.2. The monoisotopic (exact) mass is 494 g/mol. The highest BCUT2D eigenvalue weighted by molar-refractivity contribution is 5.98. The van der Waals surface area contributed by atoms with Crippen molar-refractivity contribution in [2.24, 2.45) is 0 Å². The lowest BCUT2D eigenvalue weighted by Crippen LogP contribution is -2.28. The quantitative estimate of drug-likeness (QED) is 0.394. The van der Waals surface area contributed by atoms with Gasteiger partial charge in [-0.1, -0.05) is 30.3 Å². The first-order valence-electron chi connectivity index (χ1n) is 12.2. The van der Waals surface area contributed by atoms with Crippen LogP contribution < -0.4 is 25.0 Å². The van der Waals surface area contributed by atoms with Gasteiger partial charge in [0, 0.05) is 30.7 Å². The number of nitrogens with one attached hydrogen (secondary N) is 2. The average molecular weight is 495 g/mol. The standard InChI is InChI=1S/C28H26N6O3/c1-18-12-20-6-2-3-8-23(20)34(18)28-32-16-22(27(35)31-15-21-7-4-5-11-29-21)26(33-28)30-14-19-9-10-24-25(13-19)37-17-36-24/h2-11,13,16,18H,12,14-15,17H2,1H3,(H,31,35)(H,30,32,33). The fourth-order valence-electron chi connectivity index (χ4n) is 4.67. The largest absolute Gasteiger partial charge is 0.454 e. The van der Waals surface area contributed by atoms with Crippen molar-refractivity contribution in [3.63, 3.8) is 0 Å². The first kappa shape index (κ1) is 22.8. The van der Waals surface area contributed by atoms with Gasteiger partial charge in [-0.15, -0.1) is 0 Å². The number of amides is 1. The van der Waals surface area contributed by atoms with Gasteiger partial charge in [0.25, 0.3) is 5.91 Å². The van der Waals surface area contributed by atoms with Crippen LogP contribution in [0.2, 0.25) is 0 Å². The van der Waals surface area contributed by atoms with Crippen LogP contribution in [-0.2, 0) is 19.5 Å². The number of ether oxygens (including phenoxy) is 2. The lowest BCUT2D eigenvalue weighted by molar-refractivity contribution is 0.0950. The van der Waals surface area contributed by atoms with E-state index in [4.69, 9.17) is 14.5 Å². The number of hydrogen-bond acceptors (Lipinski definition) is 8. The molecule has 2 aromatic heterocycles. The topological polar surface area (TPSA) is 102 Å². The van der Waals surface area contributed by atoms with Crippen LogP contribution in [0.4, 0.5) is 17.5 Å². The molecule has 1 amide bonds. The molecule has 0 spiro atoms. The number of carbonyl (C=O) groups excluding carboxylic acids is 1. The summed E-state index contributed by atoms with van der Waals surface area (Å²) in [7, 11) is 0. The van der Waals surface area contributed by atoms with Crippen LogP contribution in [0.25, 0.3) is 0 Å². The van der Waals surface area contributed by atoms with Gasteiger partial charge < -0.3 is 25.0 Å². The van der Waals surface area contributed by atoms with Gasteiger partial charge in [0.2, 0.25) is 12.7 Å². The fourth-order valence-corrected chi connectivity index (χ4v) is 4.67. The van der Waals surface area contributed by atoms with Crippen molar-refractivity contribution in [1.82, 2.24) is 20.3 Å². The predicted molar refractivity (Wildman–Crippen MR) is 139 cm³/mol. The number of benzene rings is 2. The van der Waals surface area contributed by atoms with E-state index in [9.17, 15) is 4.79 Å². The molecule has 0 saturated heterocycles. The van der Waals surface area contributed by atoms with E-state index in [1.165, 1.54) is 5.56 Å². The SMILES string of the molecule is CC1Cc2ccccc2N1c1ncc(C(=O)NCc2ccccn2)c(NCc2ccc3c(c2)OCO3)n1. The third-order valence-corrected chi connectivity index (χ3v) is 6.50. The summed E-state index contributed by atoms with van der Waals surface area (Å²) in [5, 5.41) is 6.28. The molecule has 0 aliphatic carbocycles. The Hall–Kier alpha value is -4.66. The van der Waals surface area contributed by atoms with E-state index >= 15 is 0 Å². The van der Waals surface area contributed by atoms with E-state index < -0.39 is 0 Å². The predicted octanol–water partition coefficient (Wildman–Crippen LogP) is 4.23. The smallest absolute Gasteiger partial charge is 0.256 e. The minimum Gasteiger partial charge on any atom is -0.454 e. The highest BCUT2D eigenvalue weighted by atomic mass is 16.7. The Kier molecular flexibility index (Phi) is 6.02. The normalized spacial score (nSPS) is 15.4. The number of carbonyl (C=O) groups is 1. The molecule has 6 rings (SSSR count). The van der Waals surface area contributed by atoms with Crippen LogP contribution in [-0.4, -0.2) is 33.7 Å². The van der Waals surface area contributed by atoms with Crippen LogP contribution in [0.3, 0.4) is 0 Å². The van der Waals surface area contributed by atoms with Crippen molar-refractivity contribution in [2.75, 3.05) is 17.0 Å². The van der Waals surface area contributed by atoms with E-state index in [0.717, 1.165) is 29.1 Å². The molecule has 0 radical (unpaired) electrons. The molecule has 2 aliphatic rings. The molecule has 2 aromatic carbocycles. The third kappa shape index (κ3) is 4.63. The number of para-hydroxylation sites is 1. The highest BCUT2D eigenvalue weighted by Crippen LogP contribution is 2.37. The number of pyridine rings is 1. The maximum absolute atomic E-state index is 13.2. The highest BCUT2D eigenvalue weighted by Gasteiger charge is 2.29. The Morgan fingerprint density at radius 3 is 2.78 bits per heavy atom. The van der Waals surface area contributed by atoms with Gasteiger partial charge in [-0.25, -0.2) is 4.98 Å². The lowest BCUT2D eigenvalue weighted by Gasteiger charge is -2.23. The van der Waals surface area contributed by atoms with Crippen molar-refractivity contribution in [3.8, 4) is 11.5 Å². The van der Waals surface area contributed by atoms with Crippen LogP contribution in [0.5, 0.6) is 11.5 Å². The van der Waals surface area contributed by atoms with E-state index in [1.54, 1.807) is 12.4 Å². The molecule has 0 fully saturated rings. The van der Waals surface area contributed by atoms with Gasteiger partial charge in [-0.05, 0) is 54.8 Å². The number of hydrogen-bond donors (Lipinski definition) is 2. The zero-order valence-electron chi connectivity index (χ0n) is 20.3. The van der Waals surface area contributed by atoms with E-state index in [2.05, 4.69) is 44.6 Å². The Morgan fingerprint density at radius 2 is 1.89 bits per heavy atom. The van der Waals surface area contributed by atoms with E-state index in [-0.39, 0.29) is 18.7 Å². The summed E-state index contributed by atoms with van der Waals surface area (Å²) < 4.78 is 10.9. The van der Waals surface area contributed by atoms with Gasteiger partial charge in [0.05, 0.1) is 12.2 Å². The van der Waals surface area contributed by atoms with Crippen LogP contribution in [0, 0.1) is 0 Å². The summed E-state index contributed by atoms with van der Waals surface area (Å²) in [4.78, 5) is 29.0. The summed E-state index contributed by atoms with van der Waals surface area (Å²) in [6, 6.07) is 19.8. The molecular formula is C28H26N6O3. The Balaban J connectivity index is 1.29. The Labute approximate surface area is 214 Å². The molecule has 37 heavy (non-hydrogen) atoms. The summed E-state index contributed by atoms with van der Waals surface area (Å²) in [6.45, 7) is 3.12. The third-order valence-electron chi connectivity index (χ3n) is 6.50. The molecule has 4 heterocycles. The number of rotatable bonds is 7. The fraction of sp³-hybridized carbons (Fsp3) is 0.214. The zero-order valence-corrected chi connectivity index (χ0v) is 20.3. The summed E-state index contributed by atoms with van der Waals surface area (Å²) in [5.41, 5.74) is 4.45. The van der Waals surface area contributed by atoms with Crippen LogP contribution in [0.1, 0.15) is 34.1 Å².